The first kappa shape index (κ1) is 11.2. The molecule has 1 saturated carbocycles. The minimum atomic E-state index is 0.740. The molecule has 0 radical (unpaired) electrons. The van der Waals surface area contributed by atoms with Gasteiger partial charge in [-0.2, -0.15) is 0 Å². The van der Waals surface area contributed by atoms with E-state index < -0.39 is 0 Å². The van der Waals surface area contributed by atoms with Crippen molar-refractivity contribution in [2.75, 3.05) is 20.2 Å². The van der Waals surface area contributed by atoms with Gasteiger partial charge < -0.3 is 9.72 Å². The third kappa shape index (κ3) is 1.34. The Labute approximate surface area is 118 Å². The van der Waals surface area contributed by atoms with Gasteiger partial charge >= 0.3 is 0 Å². The number of ether oxygens (including phenoxy) is 1. The minimum Gasteiger partial charge on any atom is -0.497 e. The number of benzene rings is 1. The zero-order valence-corrected chi connectivity index (χ0v) is 11.9. The number of nitrogens with zero attached hydrogens (tertiary/aromatic N) is 1. The van der Waals surface area contributed by atoms with Gasteiger partial charge in [-0.25, -0.2) is 0 Å². The Bertz CT molecular complexity index is 690. The van der Waals surface area contributed by atoms with E-state index in [-0.39, 0.29) is 0 Å². The Morgan fingerprint density at radius 1 is 1.30 bits per heavy atom. The average molecular weight is 268 g/mol. The van der Waals surface area contributed by atoms with Crippen LogP contribution in [0.2, 0.25) is 0 Å². The molecule has 2 fully saturated rings. The van der Waals surface area contributed by atoms with Gasteiger partial charge in [-0.1, -0.05) is 0 Å². The summed E-state index contributed by atoms with van der Waals surface area (Å²) in [4.78, 5) is 6.47. The van der Waals surface area contributed by atoms with Gasteiger partial charge in [0.25, 0.3) is 0 Å². The number of fused-ring (bicyclic) bond motifs is 5. The first-order valence-corrected chi connectivity index (χ1v) is 7.76. The molecule has 3 heteroatoms. The normalized spacial score (nSPS) is 31.6. The van der Waals surface area contributed by atoms with Gasteiger partial charge in [-0.05, 0) is 42.9 Å². The van der Waals surface area contributed by atoms with E-state index in [9.17, 15) is 0 Å². The number of aromatic nitrogens is 1. The molecule has 1 aromatic carbocycles. The number of hydrogen-bond donors (Lipinski definition) is 1. The van der Waals surface area contributed by atoms with Crippen LogP contribution in [0, 0.1) is 5.92 Å². The Morgan fingerprint density at radius 3 is 3.10 bits per heavy atom. The van der Waals surface area contributed by atoms with Crippen LogP contribution in [0.3, 0.4) is 0 Å². The Kier molecular flexibility index (Phi) is 2.12. The molecule has 1 aromatic heterocycles. The van der Waals surface area contributed by atoms with Crippen molar-refractivity contribution in [3.05, 3.63) is 29.5 Å². The molecule has 0 amide bonds. The summed E-state index contributed by atoms with van der Waals surface area (Å²) in [6, 6.07) is 7.28. The summed E-state index contributed by atoms with van der Waals surface area (Å²) in [6.07, 6.45) is 4.00. The topological polar surface area (TPSA) is 28.3 Å². The summed E-state index contributed by atoms with van der Waals surface area (Å²) in [7, 11) is 1.74. The third-order valence-corrected chi connectivity index (χ3v) is 5.75. The van der Waals surface area contributed by atoms with Crippen molar-refractivity contribution in [2.24, 2.45) is 5.92 Å². The van der Waals surface area contributed by atoms with E-state index in [0.29, 0.717) is 0 Å². The lowest BCUT2D eigenvalue weighted by Crippen LogP contribution is -2.36. The van der Waals surface area contributed by atoms with Crippen LogP contribution in [0.4, 0.5) is 0 Å². The van der Waals surface area contributed by atoms with Crippen molar-refractivity contribution in [3.63, 3.8) is 0 Å². The van der Waals surface area contributed by atoms with Gasteiger partial charge in [0, 0.05) is 47.7 Å². The van der Waals surface area contributed by atoms with Crippen LogP contribution in [-0.2, 0) is 6.42 Å². The summed E-state index contributed by atoms with van der Waals surface area (Å²) in [6.45, 7) is 2.58. The van der Waals surface area contributed by atoms with Gasteiger partial charge in [0.2, 0.25) is 0 Å². The van der Waals surface area contributed by atoms with Crippen LogP contribution in [0.5, 0.6) is 5.75 Å². The van der Waals surface area contributed by atoms with Crippen molar-refractivity contribution in [2.45, 2.75) is 31.2 Å². The summed E-state index contributed by atoms with van der Waals surface area (Å²) in [5.74, 6) is 2.63. The van der Waals surface area contributed by atoms with Crippen molar-refractivity contribution in [1.29, 1.82) is 0 Å². The molecule has 2 bridgehead atoms. The smallest absolute Gasteiger partial charge is 0.120 e. The van der Waals surface area contributed by atoms with Crippen molar-refractivity contribution in [3.8, 4) is 5.75 Å². The second-order valence-electron chi connectivity index (χ2n) is 6.68. The van der Waals surface area contributed by atoms with Crippen molar-refractivity contribution >= 4 is 10.9 Å². The molecule has 3 nitrogen and oxygen atoms in total. The predicted molar refractivity (Wildman–Crippen MR) is 79.4 cm³/mol. The molecule has 0 unspecified atom stereocenters. The Balaban J connectivity index is 1.70. The molecule has 3 heterocycles. The molecule has 2 aliphatic heterocycles. The molecule has 5 rings (SSSR count). The number of rotatable bonds is 1. The van der Waals surface area contributed by atoms with Crippen molar-refractivity contribution < 1.29 is 4.74 Å². The largest absolute Gasteiger partial charge is 0.497 e. The highest BCUT2D eigenvalue weighted by molar-refractivity contribution is 5.86. The zero-order chi connectivity index (χ0) is 13.3. The van der Waals surface area contributed by atoms with E-state index in [1.165, 1.54) is 48.9 Å². The first-order valence-electron chi connectivity index (χ1n) is 7.76. The van der Waals surface area contributed by atoms with E-state index in [0.717, 1.165) is 23.6 Å². The van der Waals surface area contributed by atoms with E-state index in [2.05, 4.69) is 28.1 Å². The van der Waals surface area contributed by atoms with E-state index in [1.54, 1.807) is 12.7 Å². The summed E-state index contributed by atoms with van der Waals surface area (Å²) < 4.78 is 5.36. The minimum absolute atomic E-state index is 0.740. The standard InChI is InChI=1S/C17H20N2O/c1-20-11-2-3-12-13-4-5-19-9-10-6-14(16(19)7-10)17(13)18-15(12)8-11/h2-3,8,10,14,16,18H,4-7,9H2,1H3/t10-,14+,16-/m0/s1. The van der Waals surface area contributed by atoms with E-state index >= 15 is 0 Å². The SMILES string of the molecule is COc1ccc2c3c([nH]c2c1)[C@@H]1C[C@H]2C[C@@H]1N(CC3)C2. The average Bonchev–Trinajstić information content (AvgIpc) is 3.14. The van der Waals surface area contributed by atoms with Gasteiger partial charge in [0.15, 0.2) is 0 Å². The molecular formula is C17H20N2O. The lowest BCUT2D eigenvalue weighted by molar-refractivity contribution is 0.201. The molecule has 20 heavy (non-hydrogen) atoms. The Hall–Kier alpha value is -1.48. The lowest BCUT2D eigenvalue weighted by atomic mass is 9.93. The molecule has 2 aromatic rings. The van der Waals surface area contributed by atoms with Crippen LogP contribution in [0.15, 0.2) is 18.2 Å². The summed E-state index contributed by atoms with van der Waals surface area (Å²) >= 11 is 0. The maximum absolute atomic E-state index is 5.36. The maximum atomic E-state index is 5.36. The molecule has 1 saturated heterocycles. The van der Waals surface area contributed by atoms with Crippen LogP contribution >= 0.6 is 0 Å². The van der Waals surface area contributed by atoms with E-state index in [4.69, 9.17) is 4.74 Å². The lowest BCUT2D eigenvalue weighted by Gasteiger charge is -2.30. The molecule has 3 atom stereocenters. The Morgan fingerprint density at radius 2 is 2.25 bits per heavy atom. The first-order chi connectivity index (χ1) is 9.83. The fraction of sp³-hybridized carbons (Fsp3) is 0.529. The quantitative estimate of drug-likeness (QED) is 0.861. The predicted octanol–water partition coefficient (Wildman–Crippen LogP) is 2.91. The highest BCUT2D eigenvalue weighted by Crippen LogP contribution is 2.50. The molecule has 104 valence electrons. The van der Waals surface area contributed by atoms with Gasteiger partial charge in [-0.15, -0.1) is 0 Å². The van der Waals surface area contributed by atoms with Gasteiger partial charge in [-0.3, -0.25) is 4.90 Å². The molecular weight excluding hydrogens is 248 g/mol. The highest BCUT2D eigenvalue weighted by atomic mass is 16.5. The number of methoxy groups -OCH3 is 1. The summed E-state index contributed by atoms with van der Waals surface area (Å²) in [5.41, 5.74) is 4.36. The number of H-pyrrole nitrogens is 1. The van der Waals surface area contributed by atoms with E-state index in [1.807, 2.05) is 0 Å². The maximum Gasteiger partial charge on any atom is 0.120 e. The van der Waals surface area contributed by atoms with Crippen LogP contribution in [0.1, 0.15) is 30.0 Å². The monoisotopic (exact) mass is 268 g/mol. The summed E-state index contributed by atoms with van der Waals surface area (Å²) in [5, 5.41) is 1.41. The fourth-order valence-electron chi connectivity index (χ4n) is 4.93. The molecule has 1 aliphatic carbocycles. The number of piperidine rings is 1. The second kappa shape index (κ2) is 3.79. The molecule has 0 spiro atoms. The third-order valence-electron chi connectivity index (χ3n) is 5.75. The fourth-order valence-corrected chi connectivity index (χ4v) is 4.93. The number of hydrogen-bond acceptors (Lipinski definition) is 2. The molecule has 1 N–H and O–H groups in total. The van der Waals surface area contributed by atoms with Crippen LogP contribution in [-0.4, -0.2) is 36.1 Å². The second-order valence-corrected chi connectivity index (χ2v) is 6.68. The van der Waals surface area contributed by atoms with Crippen molar-refractivity contribution in [1.82, 2.24) is 9.88 Å². The van der Waals surface area contributed by atoms with Gasteiger partial charge in [0.05, 0.1) is 7.11 Å². The van der Waals surface area contributed by atoms with Crippen LogP contribution < -0.4 is 4.74 Å². The highest BCUT2D eigenvalue weighted by Gasteiger charge is 2.47. The van der Waals surface area contributed by atoms with Gasteiger partial charge in [0.1, 0.15) is 5.75 Å². The zero-order valence-electron chi connectivity index (χ0n) is 11.9. The van der Waals surface area contributed by atoms with Crippen LogP contribution in [0.25, 0.3) is 10.9 Å². The number of aromatic amines is 1. The number of nitrogens with one attached hydrogen (secondary N) is 1. The molecule has 3 aliphatic rings.